The molecular weight excluding hydrogens is 532 g/mol. The van der Waals surface area contributed by atoms with Crippen LogP contribution >= 0.6 is 0 Å². The second-order valence-electron chi connectivity index (χ2n) is 10.3. The molecule has 0 saturated heterocycles. The van der Waals surface area contributed by atoms with Gasteiger partial charge in [-0.3, -0.25) is 0 Å². The third kappa shape index (κ3) is 11.0. The van der Waals surface area contributed by atoms with Crippen molar-refractivity contribution in [3.8, 4) is 11.5 Å². The van der Waals surface area contributed by atoms with Crippen LogP contribution in [0.25, 0.3) is 10.8 Å². The molecule has 0 radical (unpaired) electrons. The van der Waals surface area contributed by atoms with E-state index in [0.717, 1.165) is 61.8 Å². The van der Waals surface area contributed by atoms with Gasteiger partial charge < -0.3 is 18.9 Å². The Kier molecular flexibility index (Phi) is 13.6. The SMILES string of the molecule is C=CC(=O)OCCCCCCOc1ccc(C(=O)Oc2ccc3cc(C(=O)O[C@H](C)CCCCCC)ccc3c2)cc1. The molecule has 0 heterocycles. The van der Waals surface area contributed by atoms with Gasteiger partial charge in [-0.2, -0.15) is 0 Å². The van der Waals surface area contributed by atoms with E-state index in [1.807, 2.05) is 19.1 Å². The Morgan fingerprint density at radius 3 is 2.12 bits per heavy atom. The van der Waals surface area contributed by atoms with E-state index >= 15 is 0 Å². The van der Waals surface area contributed by atoms with Gasteiger partial charge in [-0.1, -0.05) is 44.9 Å². The summed E-state index contributed by atoms with van der Waals surface area (Å²) in [4.78, 5) is 36.3. The first kappa shape index (κ1) is 32.4. The van der Waals surface area contributed by atoms with Crippen LogP contribution in [0.5, 0.6) is 11.5 Å². The zero-order valence-electron chi connectivity index (χ0n) is 24.8. The maximum absolute atomic E-state index is 12.7. The minimum atomic E-state index is -0.467. The molecule has 3 aromatic carbocycles. The third-order valence-electron chi connectivity index (χ3n) is 6.84. The van der Waals surface area contributed by atoms with Crippen LogP contribution in [0, 0.1) is 0 Å². The van der Waals surface area contributed by atoms with Crippen LogP contribution < -0.4 is 9.47 Å². The van der Waals surface area contributed by atoms with Crippen LogP contribution in [0.1, 0.15) is 92.4 Å². The van der Waals surface area contributed by atoms with Gasteiger partial charge in [0.2, 0.25) is 0 Å². The van der Waals surface area contributed by atoms with E-state index in [0.29, 0.717) is 35.8 Å². The van der Waals surface area contributed by atoms with E-state index in [2.05, 4.69) is 13.5 Å². The van der Waals surface area contributed by atoms with Crippen molar-refractivity contribution in [1.29, 1.82) is 0 Å². The fraction of sp³-hybridized carbons (Fsp3) is 0.400. The lowest BCUT2D eigenvalue weighted by Gasteiger charge is -2.13. The lowest BCUT2D eigenvalue weighted by Crippen LogP contribution is -2.15. The van der Waals surface area contributed by atoms with Crippen molar-refractivity contribution < 1.29 is 33.3 Å². The highest BCUT2D eigenvalue weighted by molar-refractivity contribution is 5.96. The lowest BCUT2D eigenvalue weighted by atomic mass is 10.1. The first-order valence-electron chi connectivity index (χ1n) is 14.9. The first-order chi connectivity index (χ1) is 20.4. The Balaban J connectivity index is 1.43. The molecule has 0 aromatic heterocycles. The molecule has 0 saturated carbocycles. The van der Waals surface area contributed by atoms with Gasteiger partial charge in [0.05, 0.1) is 30.4 Å². The van der Waals surface area contributed by atoms with Gasteiger partial charge >= 0.3 is 17.9 Å². The fourth-order valence-corrected chi connectivity index (χ4v) is 4.42. The van der Waals surface area contributed by atoms with E-state index in [1.165, 1.54) is 12.8 Å². The van der Waals surface area contributed by atoms with Crippen molar-refractivity contribution >= 4 is 28.7 Å². The summed E-state index contributed by atoms with van der Waals surface area (Å²) in [6, 6.07) is 17.5. The molecule has 0 aliphatic carbocycles. The molecule has 3 rings (SSSR count). The molecule has 1 atom stereocenters. The summed E-state index contributed by atoms with van der Waals surface area (Å²) in [5.74, 6) is -0.0896. The number of fused-ring (bicyclic) bond motifs is 1. The molecule has 0 amide bonds. The number of hydrogen-bond donors (Lipinski definition) is 0. The summed E-state index contributed by atoms with van der Waals surface area (Å²) in [5, 5.41) is 1.71. The number of unbranched alkanes of at least 4 members (excludes halogenated alkanes) is 6. The quantitative estimate of drug-likeness (QED) is 0.0654. The van der Waals surface area contributed by atoms with Crippen LogP contribution in [-0.4, -0.2) is 37.2 Å². The molecule has 7 nitrogen and oxygen atoms in total. The molecule has 0 bridgehead atoms. The molecule has 224 valence electrons. The Morgan fingerprint density at radius 2 is 1.38 bits per heavy atom. The Labute approximate surface area is 248 Å². The van der Waals surface area contributed by atoms with Crippen molar-refractivity contribution in [3.05, 3.63) is 84.4 Å². The van der Waals surface area contributed by atoms with Gasteiger partial charge in [0, 0.05) is 6.08 Å². The Hall–Kier alpha value is -4.13. The number of esters is 3. The predicted octanol–water partition coefficient (Wildman–Crippen LogP) is 8.24. The van der Waals surface area contributed by atoms with Crippen molar-refractivity contribution in [2.75, 3.05) is 13.2 Å². The highest BCUT2D eigenvalue weighted by atomic mass is 16.5. The van der Waals surface area contributed by atoms with Crippen LogP contribution in [-0.2, 0) is 14.3 Å². The van der Waals surface area contributed by atoms with Crippen LogP contribution in [0.4, 0.5) is 0 Å². The summed E-state index contributed by atoms with van der Waals surface area (Å²) in [5.41, 5.74) is 0.917. The molecule has 0 spiro atoms. The second kappa shape index (κ2) is 17.6. The molecular formula is C35H42O7. The average Bonchev–Trinajstić information content (AvgIpc) is 3.00. The topological polar surface area (TPSA) is 88.1 Å². The number of benzene rings is 3. The highest BCUT2D eigenvalue weighted by Crippen LogP contribution is 2.24. The van der Waals surface area contributed by atoms with Gasteiger partial charge in [0.1, 0.15) is 11.5 Å². The largest absolute Gasteiger partial charge is 0.494 e. The Morgan fingerprint density at radius 1 is 0.738 bits per heavy atom. The number of hydrogen-bond acceptors (Lipinski definition) is 7. The van der Waals surface area contributed by atoms with Gasteiger partial charge in [0.15, 0.2) is 0 Å². The normalized spacial score (nSPS) is 11.5. The Bertz CT molecular complexity index is 1310. The zero-order valence-corrected chi connectivity index (χ0v) is 24.8. The van der Waals surface area contributed by atoms with Crippen LogP contribution in [0.15, 0.2) is 73.3 Å². The monoisotopic (exact) mass is 574 g/mol. The minimum absolute atomic E-state index is 0.120. The molecule has 0 N–H and O–H groups in total. The smallest absolute Gasteiger partial charge is 0.343 e. The molecule has 0 aliphatic rings. The fourth-order valence-electron chi connectivity index (χ4n) is 4.42. The van der Waals surface area contributed by atoms with Crippen molar-refractivity contribution in [3.63, 3.8) is 0 Å². The average molecular weight is 575 g/mol. The zero-order chi connectivity index (χ0) is 30.2. The van der Waals surface area contributed by atoms with Gasteiger partial charge in [-0.25, -0.2) is 14.4 Å². The molecule has 7 heteroatoms. The molecule has 0 aliphatic heterocycles. The van der Waals surface area contributed by atoms with Gasteiger partial charge in [-0.05, 0) is 105 Å². The lowest BCUT2D eigenvalue weighted by molar-refractivity contribution is -0.137. The summed E-state index contributed by atoms with van der Waals surface area (Å²) in [7, 11) is 0. The number of rotatable bonds is 18. The maximum Gasteiger partial charge on any atom is 0.343 e. The van der Waals surface area contributed by atoms with Crippen LogP contribution in [0.3, 0.4) is 0 Å². The van der Waals surface area contributed by atoms with E-state index in [4.69, 9.17) is 18.9 Å². The summed E-state index contributed by atoms with van der Waals surface area (Å²) in [6.07, 6.45) is 10.1. The van der Waals surface area contributed by atoms with E-state index in [1.54, 1.807) is 48.5 Å². The first-order valence-corrected chi connectivity index (χ1v) is 14.9. The van der Waals surface area contributed by atoms with Crippen molar-refractivity contribution in [2.24, 2.45) is 0 Å². The number of carbonyl (C=O) groups excluding carboxylic acids is 3. The summed E-state index contributed by atoms with van der Waals surface area (Å²) in [6.45, 7) is 8.44. The molecule has 3 aromatic rings. The molecule has 0 unspecified atom stereocenters. The van der Waals surface area contributed by atoms with E-state index in [9.17, 15) is 14.4 Å². The van der Waals surface area contributed by atoms with Gasteiger partial charge in [-0.15, -0.1) is 0 Å². The molecule has 0 fully saturated rings. The maximum atomic E-state index is 12.7. The number of carbonyl (C=O) groups is 3. The van der Waals surface area contributed by atoms with Crippen molar-refractivity contribution in [1.82, 2.24) is 0 Å². The van der Waals surface area contributed by atoms with E-state index in [-0.39, 0.29) is 12.1 Å². The summed E-state index contributed by atoms with van der Waals surface area (Å²) < 4.78 is 21.9. The third-order valence-corrected chi connectivity index (χ3v) is 6.84. The standard InChI is InChI=1S/C35H42O7/c1-4-6-7-10-13-26(3)41-35(38)30-15-14-29-25-32(21-18-28(29)24-30)42-34(37)27-16-19-31(20-17-27)39-22-11-8-9-12-23-40-33(36)5-2/h5,14-21,24-26H,2,4,6-13,22-23H2,1,3H3/t26-/m1/s1. The predicted molar refractivity (Wildman–Crippen MR) is 164 cm³/mol. The minimum Gasteiger partial charge on any atom is -0.494 e. The van der Waals surface area contributed by atoms with Crippen LogP contribution in [0.2, 0.25) is 0 Å². The summed E-state index contributed by atoms with van der Waals surface area (Å²) >= 11 is 0. The molecule has 42 heavy (non-hydrogen) atoms. The van der Waals surface area contributed by atoms with Crippen molar-refractivity contribution in [2.45, 2.75) is 77.7 Å². The highest BCUT2D eigenvalue weighted by Gasteiger charge is 2.14. The van der Waals surface area contributed by atoms with Gasteiger partial charge in [0.25, 0.3) is 0 Å². The van der Waals surface area contributed by atoms with E-state index < -0.39 is 11.9 Å². The second-order valence-corrected chi connectivity index (χ2v) is 10.3. The number of ether oxygens (including phenoxy) is 4.